The molecule has 1 aliphatic rings. The topological polar surface area (TPSA) is 62.3 Å². The number of likely N-dealkylation sites (tertiary alicyclic amines) is 1. The van der Waals surface area contributed by atoms with Crippen molar-refractivity contribution >= 4 is 28.8 Å². The Balaban J connectivity index is 1.66. The number of carbonyl (C=O) groups excluding carboxylic acids is 2. The van der Waals surface area contributed by atoms with Crippen LogP contribution in [0.1, 0.15) is 11.9 Å². The number of nitrogens with zero attached hydrogens (tertiary/aromatic N) is 2. The molecule has 0 bridgehead atoms. The Bertz CT molecular complexity index is 720. The molecule has 0 radical (unpaired) electrons. The molecule has 2 aromatic rings. The van der Waals surface area contributed by atoms with Gasteiger partial charge in [0.2, 0.25) is 11.8 Å². The van der Waals surface area contributed by atoms with E-state index in [0.29, 0.717) is 13.1 Å². The van der Waals surface area contributed by atoms with Gasteiger partial charge in [-0.05, 0) is 19.1 Å². The van der Waals surface area contributed by atoms with Crippen LogP contribution in [0.25, 0.3) is 11.3 Å². The van der Waals surface area contributed by atoms with E-state index in [4.69, 9.17) is 0 Å². The molecule has 0 unspecified atom stereocenters. The number of anilines is 1. The maximum atomic E-state index is 12.2. The molecule has 1 fully saturated rings. The summed E-state index contributed by atoms with van der Waals surface area (Å²) in [6.07, 6.45) is 0. The fraction of sp³-hybridized carbons (Fsp3) is 0.312. The van der Waals surface area contributed by atoms with Gasteiger partial charge < -0.3 is 10.2 Å². The molecule has 5 nitrogen and oxygen atoms in total. The van der Waals surface area contributed by atoms with Crippen LogP contribution >= 0.6 is 11.3 Å². The molecular weight excluding hydrogens is 298 g/mol. The summed E-state index contributed by atoms with van der Waals surface area (Å²) in [6, 6.07) is 7.67. The third-order valence-electron chi connectivity index (χ3n) is 3.74. The molecule has 0 aliphatic carbocycles. The number of amides is 2. The van der Waals surface area contributed by atoms with Crippen LogP contribution in [0, 0.1) is 12.8 Å². The molecule has 114 valence electrons. The lowest BCUT2D eigenvalue weighted by atomic mass is 9.99. The molecule has 1 aliphatic heterocycles. The van der Waals surface area contributed by atoms with Crippen molar-refractivity contribution in [2.24, 2.45) is 5.92 Å². The molecule has 6 heteroatoms. The van der Waals surface area contributed by atoms with Crippen LogP contribution in [0.4, 0.5) is 5.69 Å². The van der Waals surface area contributed by atoms with Crippen molar-refractivity contribution in [1.82, 2.24) is 9.88 Å². The molecule has 0 atom stereocenters. The van der Waals surface area contributed by atoms with Gasteiger partial charge in [0, 0.05) is 36.6 Å². The lowest BCUT2D eigenvalue weighted by Gasteiger charge is -2.37. The smallest absolute Gasteiger partial charge is 0.231 e. The van der Waals surface area contributed by atoms with Gasteiger partial charge >= 0.3 is 0 Å². The van der Waals surface area contributed by atoms with Gasteiger partial charge in [0.15, 0.2) is 0 Å². The summed E-state index contributed by atoms with van der Waals surface area (Å²) in [5, 5.41) is 5.94. The highest BCUT2D eigenvalue weighted by Crippen LogP contribution is 2.25. The lowest BCUT2D eigenvalue weighted by molar-refractivity contribution is -0.139. The Hall–Kier alpha value is -2.21. The van der Waals surface area contributed by atoms with E-state index in [-0.39, 0.29) is 17.7 Å². The quantitative estimate of drug-likeness (QED) is 0.947. The van der Waals surface area contributed by atoms with Gasteiger partial charge in [0.1, 0.15) is 0 Å². The molecule has 0 saturated carbocycles. The van der Waals surface area contributed by atoms with Gasteiger partial charge in [-0.1, -0.05) is 12.1 Å². The number of rotatable bonds is 3. The Morgan fingerprint density at radius 3 is 2.77 bits per heavy atom. The van der Waals surface area contributed by atoms with E-state index in [1.54, 1.807) is 16.2 Å². The molecule has 0 spiro atoms. The minimum Gasteiger partial charge on any atom is -0.341 e. The van der Waals surface area contributed by atoms with Crippen LogP contribution in [-0.2, 0) is 9.59 Å². The van der Waals surface area contributed by atoms with Crippen molar-refractivity contribution in [2.45, 2.75) is 13.8 Å². The molecule has 2 heterocycles. The second-order valence-electron chi connectivity index (χ2n) is 5.44. The standard InChI is InChI=1S/C16H17N3O2S/c1-10-17-15(9-22-10)12-4-3-5-14(6-12)18-16(21)13-7-19(8-13)11(2)20/h3-6,9,13H,7-8H2,1-2H3,(H,18,21). The minimum absolute atomic E-state index is 0.0185. The van der Waals surface area contributed by atoms with E-state index >= 15 is 0 Å². The predicted octanol–water partition coefficient (Wildman–Crippen LogP) is 2.54. The van der Waals surface area contributed by atoms with E-state index < -0.39 is 0 Å². The van der Waals surface area contributed by atoms with Crippen LogP contribution < -0.4 is 5.32 Å². The average Bonchev–Trinajstić information content (AvgIpc) is 2.83. The summed E-state index contributed by atoms with van der Waals surface area (Å²) in [4.78, 5) is 29.4. The second-order valence-corrected chi connectivity index (χ2v) is 6.50. The van der Waals surface area contributed by atoms with Crippen molar-refractivity contribution in [2.75, 3.05) is 18.4 Å². The zero-order valence-corrected chi connectivity index (χ0v) is 13.3. The Morgan fingerprint density at radius 1 is 1.36 bits per heavy atom. The van der Waals surface area contributed by atoms with E-state index in [9.17, 15) is 9.59 Å². The first kappa shape index (κ1) is 14.7. The second kappa shape index (κ2) is 5.88. The van der Waals surface area contributed by atoms with Crippen LogP contribution in [0.15, 0.2) is 29.6 Å². The van der Waals surface area contributed by atoms with Gasteiger partial charge in [-0.2, -0.15) is 0 Å². The Labute approximate surface area is 133 Å². The lowest BCUT2D eigenvalue weighted by Crippen LogP contribution is -2.53. The van der Waals surface area contributed by atoms with Crippen LogP contribution in [-0.4, -0.2) is 34.8 Å². The Morgan fingerprint density at radius 2 is 2.14 bits per heavy atom. The highest BCUT2D eigenvalue weighted by atomic mass is 32.1. The first-order chi connectivity index (χ1) is 10.5. The fourth-order valence-corrected chi connectivity index (χ4v) is 3.02. The van der Waals surface area contributed by atoms with Crippen LogP contribution in [0.5, 0.6) is 0 Å². The van der Waals surface area contributed by atoms with Crippen LogP contribution in [0.3, 0.4) is 0 Å². The maximum absolute atomic E-state index is 12.2. The van der Waals surface area contributed by atoms with Gasteiger partial charge in [0.05, 0.1) is 16.6 Å². The number of carbonyl (C=O) groups is 2. The summed E-state index contributed by atoms with van der Waals surface area (Å²) in [5.41, 5.74) is 2.67. The third-order valence-corrected chi connectivity index (χ3v) is 4.52. The number of nitrogens with one attached hydrogen (secondary N) is 1. The third kappa shape index (κ3) is 3.01. The number of benzene rings is 1. The van der Waals surface area contributed by atoms with Crippen molar-refractivity contribution in [3.8, 4) is 11.3 Å². The van der Waals surface area contributed by atoms with Crippen molar-refractivity contribution < 1.29 is 9.59 Å². The van der Waals surface area contributed by atoms with E-state index in [1.165, 1.54) is 6.92 Å². The van der Waals surface area contributed by atoms with Crippen molar-refractivity contribution in [1.29, 1.82) is 0 Å². The summed E-state index contributed by atoms with van der Waals surface area (Å²) >= 11 is 1.60. The number of aryl methyl sites for hydroxylation is 1. The van der Waals surface area contributed by atoms with Crippen LogP contribution in [0.2, 0.25) is 0 Å². The molecule has 1 N–H and O–H groups in total. The summed E-state index contributed by atoms with van der Waals surface area (Å²) in [6.45, 7) is 4.50. The van der Waals surface area contributed by atoms with E-state index in [1.807, 2.05) is 36.6 Å². The fourth-order valence-electron chi connectivity index (χ4n) is 2.40. The zero-order valence-electron chi connectivity index (χ0n) is 12.5. The van der Waals surface area contributed by atoms with E-state index in [2.05, 4.69) is 10.3 Å². The van der Waals surface area contributed by atoms with Crippen molar-refractivity contribution in [3.05, 3.63) is 34.7 Å². The number of hydrogen-bond donors (Lipinski definition) is 1. The highest BCUT2D eigenvalue weighted by molar-refractivity contribution is 7.09. The first-order valence-electron chi connectivity index (χ1n) is 7.12. The predicted molar refractivity (Wildman–Crippen MR) is 86.7 cm³/mol. The first-order valence-corrected chi connectivity index (χ1v) is 8.00. The Kier molecular flexibility index (Phi) is 3.94. The number of thiazole rings is 1. The normalized spacial score (nSPS) is 14.5. The zero-order chi connectivity index (χ0) is 15.7. The SMILES string of the molecule is CC(=O)N1CC(C(=O)Nc2cccc(-c3csc(C)n3)c2)C1. The molecule has 1 aromatic carbocycles. The molecule has 2 amide bonds. The monoisotopic (exact) mass is 315 g/mol. The molecule has 3 rings (SSSR count). The van der Waals surface area contributed by atoms with E-state index in [0.717, 1.165) is 22.0 Å². The largest absolute Gasteiger partial charge is 0.341 e. The minimum atomic E-state index is -0.117. The molecule has 1 aromatic heterocycles. The average molecular weight is 315 g/mol. The number of aromatic nitrogens is 1. The molecule has 22 heavy (non-hydrogen) atoms. The summed E-state index contributed by atoms with van der Waals surface area (Å²) in [7, 11) is 0. The van der Waals surface area contributed by atoms with Crippen molar-refractivity contribution in [3.63, 3.8) is 0 Å². The summed E-state index contributed by atoms with van der Waals surface area (Å²) < 4.78 is 0. The molecular formula is C16H17N3O2S. The van der Waals surface area contributed by atoms with Gasteiger partial charge in [0.25, 0.3) is 0 Å². The number of hydrogen-bond acceptors (Lipinski definition) is 4. The maximum Gasteiger partial charge on any atom is 0.231 e. The van der Waals surface area contributed by atoms with Gasteiger partial charge in [-0.15, -0.1) is 11.3 Å². The molecule has 1 saturated heterocycles. The highest BCUT2D eigenvalue weighted by Gasteiger charge is 2.34. The summed E-state index contributed by atoms with van der Waals surface area (Å²) in [5.74, 6) is -0.136. The van der Waals surface area contributed by atoms with Gasteiger partial charge in [-0.25, -0.2) is 4.98 Å². The van der Waals surface area contributed by atoms with Gasteiger partial charge in [-0.3, -0.25) is 9.59 Å².